The number of rotatable bonds is 3. The Labute approximate surface area is 133 Å². The van der Waals surface area contributed by atoms with E-state index < -0.39 is 23.8 Å². The summed E-state index contributed by atoms with van der Waals surface area (Å²) in [5.74, 6) is -2.31. The van der Waals surface area contributed by atoms with Crippen molar-refractivity contribution in [3.05, 3.63) is 29.8 Å². The van der Waals surface area contributed by atoms with Crippen molar-refractivity contribution in [3.63, 3.8) is 0 Å². The van der Waals surface area contributed by atoms with Crippen molar-refractivity contribution in [1.82, 2.24) is 4.90 Å². The highest BCUT2D eigenvalue weighted by molar-refractivity contribution is 6.11. The number of aliphatic hydroxyl groups excluding tert-OH is 1. The first-order chi connectivity index (χ1) is 11.0. The smallest absolute Gasteiger partial charge is 0.242 e. The number of aliphatic hydroxyl groups is 1. The summed E-state index contributed by atoms with van der Waals surface area (Å²) in [6.45, 7) is 0.608. The zero-order valence-electron chi connectivity index (χ0n) is 12.6. The first-order valence-corrected chi connectivity index (χ1v) is 7.62. The van der Waals surface area contributed by atoms with Crippen molar-refractivity contribution in [1.29, 1.82) is 0 Å². The van der Waals surface area contributed by atoms with Crippen LogP contribution in [0.25, 0.3) is 0 Å². The van der Waals surface area contributed by atoms with Gasteiger partial charge in [-0.2, -0.15) is 0 Å². The van der Waals surface area contributed by atoms with Gasteiger partial charge in [-0.25, -0.2) is 0 Å². The molecule has 0 aromatic heterocycles. The molecule has 0 aliphatic carbocycles. The Hall–Kier alpha value is -2.41. The number of likely N-dealkylation sites (tertiary alicyclic amines) is 1. The fourth-order valence-corrected chi connectivity index (χ4v) is 3.15. The second-order valence-corrected chi connectivity index (χ2v) is 5.99. The summed E-state index contributed by atoms with van der Waals surface area (Å²) < 4.78 is 0. The molecule has 0 spiro atoms. The predicted octanol–water partition coefficient (Wildman–Crippen LogP) is -0.730. The Bertz CT molecular complexity index is 660. The standard InChI is InChI=1S/C16H19N3O4/c17-15(22)12-7-10-3-1-2-4-13(10)19(16(12)23)9-14(21)18-6-5-11(20)8-18/h1-4,11-12,20H,5-9H2,(H2,17,22). The van der Waals surface area contributed by atoms with Crippen molar-refractivity contribution >= 4 is 23.4 Å². The molecule has 2 heterocycles. The molecular weight excluding hydrogens is 298 g/mol. The summed E-state index contributed by atoms with van der Waals surface area (Å²) in [6, 6.07) is 7.20. The lowest BCUT2D eigenvalue weighted by molar-refractivity contribution is -0.135. The van der Waals surface area contributed by atoms with Gasteiger partial charge in [-0.3, -0.25) is 14.4 Å². The SMILES string of the molecule is NC(=O)C1Cc2ccccc2N(CC(=O)N2CCC(O)C2)C1=O. The maximum absolute atomic E-state index is 12.5. The van der Waals surface area contributed by atoms with Gasteiger partial charge in [0.25, 0.3) is 0 Å². The van der Waals surface area contributed by atoms with Crippen LogP contribution >= 0.6 is 0 Å². The number of anilines is 1. The highest BCUT2D eigenvalue weighted by Gasteiger charge is 2.38. The minimum absolute atomic E-state index is 0.146. The van der Waals surface area contributed by atoms with Crippen LogP contribution < -0.4 is 10.6 Å². The van der Waals surface area contributed by atoms with Crippen LogP contribution in [0.5, 0.6) is 0 Å². The lowest BCUT2D eigenvalue weighted by Crippen LogP contribution is -2.50. The van der Waals surface area contributed by atoms with E-state index in [1.807, 2.05) is 12.1 Å². The number of amides is 3. The zero-order valence-corrected chi connectivity index (χ0v) is 12.6. The van der Waals surface area contributed by atoms with Gasteiger partial charge >= 0.3 is 0 Å². The first-order valence-electron chi connectivity index (χ1n) is 7.62. The number of hydrogen-bond acceptors (Lipinski definition) is 4. The predicted molar refractivity (Wildman–Crippen MR) is 82.4 cm³/mol. The largest absolute Gasteiger partial charge is 0.391 e. The van der Waals surface area contributed by atoms with Crippen LogP contribution in [-0.2, 0) is 20.8 Å². The quantitative estimate of drug-likeness (QED) is 0.717. The van der Waals surface area contributed by atoms with Crippen LogP contribution in [0.4, 0.5) is 5.69 Å². The number of para-hydroxylation sites is 1. The van der Waals surface area contributed by atoms with Crippen molar-refractivity contribution in [2.45, 2.75) is 18.9 Å². The molecule has 2 aliphatic rings. The fourth-order valence-electron chi connectivity index (χ4n) is 3.15. The van der Waals surface area contributed by atoms with E-state index in [2.05, 4.69) is 0 Å². The van der Waals surface area contributed by atoms with Crippen LogP contribution in [0.2, 0.25) is 0 Å². The van der Waals surface area contributed by atoms with E-state index in [9.17, 15) is 19.5 Å². The molecule has 7 nitrogen and oxygen atoms in total. The Kier molecular flexibility index (Phi) is 4.04. The van der Waals surface area contributed by atoms with Gasteiger partial charge in [-0.05, 0) is 24.5 Å². The monoisotopic (exact) mass is 317 g/mol. The summed E-state index contributed by atoms with van der Waals surface area (Å²) in [4.78, 5) is 39.4. The zero-order chi connectivity index (χ0) is 16.6. The van der Waals surface area contributed by atoms with Crippen molar-refractivity contribution < 1.29 is 19.5 Å². The van der Waals surface area contributed by atoms with Gasteiger partial charge in [0, 0.05) is 18.8 Å². The van der Waals surface area contributed by atoms with Crippen molar-refractivity contribution in [2.75, 3.05) is 24.5 Å². The third kappa shape index (κ3) is 2.92. The molecule has 122 valence electrons. The van der Waals surface area contributed by atoms with Crippen LogP contribution in [0, 0.1) is 5.92 Å². The third-order valence-electron chi connectivity index (χ3n) is 4.42. The van der Waals surface area contributed by atoms with Gasteiger partial charge < -0.3 is 20.6 Å². The maximum Gasteiger partial charge on any atom is 0.242 e. The Morgan fingerprint density at radius 2 is 2.04 bits per heavy atom. The topological polar surface area (TPSA) is 104 Å². The number of benzene rings is 1. The molecule has 3 amide bonds. The van der Waals surface area contributed by atoms with Crippen LogP contribution in [0.1, 0.15) is 12.0 Å². The molecule has 2 aliphatic heterocycles. The molecule has 0 radical (unpaired) electrons. The molecule has 1 aromatic carbocycles. The third-order valence-corrected chi connectivity index (χ3v) is 4.42. The molecule has 1 aromatic rings. The number of carbonyl (C=O) groups excluding carboxylic acids is 3. The number of nitrogens with two attached hydrogens (primary N) is 1. The van der Waals surface area contributed by atoms with Crippen molar-refractivity contribution in [2.24, 2.45) is 11.7 Å². The second kappa shape index (κ2) is 6.00. The van der Waals surface area contributed by atoms with Crippen LogP contribution in [0.3, 0.4) is 0 Å². The van der Waals surface area contributed by atoms with Crippen molar-refractivity contribution in [3.8, 4) is 0 Å². The second-order valence-electron chi connectivity index (χ2n) is 5.99. The molecular formula is C16H19N3O4. The number of primary amides is 1. The molecule has 0 bridgehead atoms. The molecule has 2 unspecified atom stereocenters. The Balaban J connectivity index is 1.85. The van der Waals surface area contributed by atoms with E-state index in [1.165, 1.54) is 9.80 Å². The summed E-state index contributed by atoms with van der Waals surface area (Å²) in [5, 5.41) is 9.54. The fraction of sp³-hybridized carbons (Fsp3) is 0.438. The first kappa shape index (κ1) is 15.5. The number of hydrogen-bond donors (Lipinski definition) is 2. The number of fused-ring (bicyclic) bond motifs is 1. The molecule has 3 N–H and O–H groups in total. The number of β-amino-alcohol motifs (C(OH)–C–C–N with tert-alkyl or cyclic N) is 1. The molecule has 1 fully saturated rings. The average Bonchev–Trinajstić information content (AvgIpc) is 2.96. The van der Waals surface area contributed by atoms with Crippen LogP contribution in [-0.4, -0.2) is 53.5 Å². The molecule has 1 saturated heterocycles. The molecule has 0 saturated carbocycles. The maximum atomic E-state index is 12.5. The van der Waals surface area contributed by atoms with E-state index in [0.29, 0.717) is 18.7 Å². The normalized spacial score (nSPS) is 23.8. The van der Waals surface area contributed by atoms with Gasteiger partial charge in [0.1, 0.15) is 12.5 Å². The number of carbonyl (C=O) groups is 3. The molecule has 23 heavy (non-hydrogen) atoms. The summed E-state index contributed by atoms with van der Waals surface area (Å²) in [7, 11) is 0. The van der Waals surface area contributed by atoms with E-state index in [-0.39, 0.29) is 25.4 Å². The van der Waals surface area contributed by atoms with E-state index in [0.717, 1.165) is 5.56 Å². The van der Waals surface area contributed by atoms with Gasteiger partial charge in [-0.1, -0.05) is 18.2 Å². The minimum Gasteiger partial charge on any atom is -0.391 e. The van der Waals surface area contributed by atoms with E-state index in [1.54, 1.807) is 12.1 Å². The average molecular weight is 317 g/mol. The van der Waals surface area contributed by atoms with Gasteiger partial charge in [0.05, 0.1) is 6.10 Å². The van der Waals surface area contributed by atoms with E-state index in [4.69, 9.17) is 5.73 Å². The van der Waals surface area contributed by atoms with Gasteiger partial charge in [-0.15, -0.1) is 0 Å². The molecule has 3 rings (SSSR count). The summed E-state index contributed by atoms with van der Waals surface area (Å²) in [5.41, 5.74) is 6.80. The molecule has 2 atom stereocenters. The Morgan fingerprint density at radius 3 is 2.70 bits per heavy atom. The summed E-state index contributed by atoms with van der Waals surface area (Å²) in [6.07, 6.45) is 0.291. The summed E-state index contributed by atoms with van der Waals surface area (Å²) >= 11 is 0. The Morgan fingerprint density at radius 1 is 1.30 bits per heavy atom. The minimum atomic E-state index is -0.943. The lowest BCUT2D eigenvalue weighted by atomic mass is 9.91. The van der Waals surface area contributed by atoms with Gasteiger partial charge in [0.15, 0.2) is 0 Å². The van der Waals surface area contributed by atoms with Crippen LogP contribution in [0.15, 0.2) is 24.3 Å². The van der Waals surface area contributed by atoms with Gasteiger partial charge in [0.2, 0.25) is 17.7 Å². The lowest BCUT2D eigenvalue weighted by Gasteiger charge is -2.33. The molecule has 7 heteroatoms. The number of nitrogens with zero attached hydrogens (tertiary/aromatic N) is 2. The highest BCUT2D eigenvalue weighted by Crippen LogP contribution is 2.30. The highest BCUT2D eigenvalue weighted by atomic mass is 16.3. The van der Waals surface area contributed by atoms with E-state index >= 15 is 0 Å².